The van der Waals surface area contributed by atoms with Crippen LogP contribution in [0.1, 0.15) is 18.2 Å². The van der Waals surface area contributed by atoms with Gasteiger partial charge in [0.25, 0.3) is 5.91 Å². The number of nitrogens with one attached hydrogen (secondary N) is 1. The molecule has 0 radical (unpaired) electrons. The van der Waals surface area contributed by atoms with E-state index < -0.39 is 12.0 Å². The second-order valence-electron chi connectivity index (χ2n) is 5.81. The molecule has 3 rings (SSSR count). The average Bonchev–Trinajstić information content (AvgIpc) is 3.17. The lowest BCUT2D eigenvalue weighted by atomic mass is 10.1. The first-order chi connectivity index (χ1) is 13.6. The first-order valence-electron chi connectivity index (χ1n) is 8.41. The summed E-state index contributed by atoms with van der Waals surface area (Å²) in [6, 6.07) is 17.9. The average molecular weight is 377 g/mol. The van der Waals surface area contributed by atoms with E-state index in [0.29, 0.717) is 28.4 Å². The van der Waals surface area contributed by atoms with Gasteiger partial charge in [0.2, 0.25) is 0 Å². The van der Waals surface area contributed by atoms with Crippen LogP contribution < -0.4 is 10.2 Å². The highest BCUT2D eigenvalue weighted by Gasteiger charge is 2.14. The number of nitriles is 1. The molecule has 0 unspecified atom stereocenters. The van der Waals surface area contributed by atoms with Crippen molar-refractivity contribution in [3.8, 4) is 23.1 Å². The molecule has 0 fully saturated rings. The van der Waals surface area contributed by atoms with Crippen LogP contribution in [0.25, 0.3) is 11.3 Å². The summed E-state index contributed by atoms with van der Waals surface area (Å²) >= 11 is 0. The lowest BCUT2D eigenvalue weighted by Crippen LogP contribution is -2.33. The number of carbonyl (C=O) groups excluding carboxylic acids is 1. The van der Waals surface area contributed by atoms with Crippen LogP contribution in [-0.4, -0.2) is 18.2 Å². The number of hydrogen-bond acceptors (Lipinski definition) is 5. The number of furan rings is 1. The zero-order chi connectivity index (χ0) is 19.9. The van der Waals surface area contributed by atoms with Crippen molar-refractivity contribution in [1.82, 2.24) is 5.43 Å². The molecule has 0 aliphatic carbocycles. The molecular formula is C21H16FN3O3. The molecule has 1 N–H and O–H groups in total. The van der Waals surface area contributed by atoms with Gasteiger partial charge in [0.15, 0.2) is 6.10 Å². The molecule has 140 valence electrons. The Hall–Kier alpha value is -3.92. The van der Waals surface area contributed by atoms with E-state index in [-0.39, 0.29) is 5.82 Å². The third-order valence-corrected chi connectivity index (χ3v) is 3.80. The fourth-order valence-electron chi connectivity index (χ4n) is 2.34. The maximum absolute atomic E-state index is 13.8. The van der Waals surface area contributed by atoms with E-state index in [2.05, 4.69) is 10.5 Å². The summed E-state index contributed by atoms with van der Waals surface area (Å²) in [4.78, 5) is 12.0. The van der Waals surface area contributed by atoms with Crippen LogP contribution in [0, 0.1) is 17.1 Å². The number of benzene rings is 2. The topological polar surface area (TPSA) is 87.6 Å². The predicted octanol–water partition coefficient (Wildman–Crippen LogP) is 3.87. The molecule has 0 saturated carbocycles. The number of hydrogen-bond donors (Lipinski definition) is 1. The van der Waals surface area contributed by atoms with Crippen molar-refractivity contribution < 1.29 is 18.3 Å². The van der Waals surface area contributed by atoms with E-state index >= 15 is 0 Å². The Balaban J connectivity index is 1.56. The zero-order valence-corrected chi connectivity index (χ0v) is 14.9. The van der Waals surface area contributed by atoms with Crippen LogP contribution in [-0.2, 0) is 4.79 Å². The SMILES string of the molecule is C[C@@H](Oc1ccc(C#N)cc1)C(=O)N/N=C\c1ccc(-c2ccccc2F)o1. The first kappa shape index (κ1) is 18.9. The normalized spacial score (nSPS) is 11.8. The molecule has 6 nitrogen and oxygen atoms in total. The molecule has 1 atom stereocenters. The summed E-state index contributed by atoms with van der Waals surface area (Å²) in [5.74, 6) is 0.345. The van der Waals surface area contributed by atoms with Crippen LogP contribution in [0.15, 0.2) is 70.2 Å². The van der Waals surface area contributed by atoms with Gasteiger partial charge in [-0.25, -0.2) is 9.82 Å². The molecule has 3 aromatic rings. The fourth-order valence-corrected chi connectivity index (χ4v) is 2.34. The van der Waals surface area contributed by atoms with Gasteiger partial charge < -0.3 is 9.15 Å². The van der Waals surface area contributed by atoms with E-state index in [1.807, 2.05) is 6.07 Å². The van der Waals surface area contributed by atoms with Crippen LogP contribution in [0.2, 0.25) is 0 Å². The van der Waals surface area contributed by atoms with Gasteiger partial charge in [-0.1, -0.05) is 12.1 Å². The van der Waals surface area contributed by atoms with Crippen molar-refractivity contribution in [3.05, 3.63) is 77.8 Å². The van der Waals surface area contributed by atoms with Crippen molar-refractivity contribution in [3.63, 3.8) is 0 Å². The Morgan fingerprint density at radius 3 is 2.68 bits per heavy atom. The summed E-state index contributed by atoms with van der Waals surface area (Å²) < 4.78 is 24.8. The molecule has 0 aliphatic heterocycles. The Morgan fingerprint density at radius 2 is 1.96 bits per heavy atom. The van der Waals surface area contributed by atoms with Gasteiger partial charge in [-0.2, -0.15) is 10.4 Å². The van der Waals surface area contributed by atoms with Crippen LogP contribution >= 0.6 is 0 Å². The monoisotopic (exact) mass is 377 g/mol. The number of ether oxygens (including phenoxy) is 1. The summed E-state index contributed by atoms with van der Waals surface area (Å²) in [7, 11) is 0. The molecule has 2 aromatic carbocycles. The molecule has 0 saturated heterocycles. The molecule has 7 heteroatoms. The maximum atomic E-state index is 13.8. The third kappa shape index (κ3) is 4.62. The van der Waals surface area contributed by atoms with Crippen LogP contribution in [0.3, 0.4) is 0 Å². The predicted molar refractivity (Wildman–Crippen MR) is 101 cm³/mol. The van der Waals surface area contributed by atoms with E-state index in [4.69, 9.17) is 14.4 Å². The number of hydrazone groups is 1. The minimum Gasteiger partial charge on any atom is -0.481 e. The number of carbonyl (C=O) groups is 1. The second-order valence-corrected chi connectivity index (χ2v) is 5.81. The van der Waals surface area contributed by atoms with E-state index in [9.17, 15) is 9.18 Å². The van der Waals surface area contributed by atoms with Gasteiger partial charge in [0, 0.05) is 0 Å². The second kappa shape index (κ2) is 8.64. The molecule has 1 amide bonds. The summed E-state index contributed by atoms with van der Waals surface area (Å²) in [5.41, 5.74) is 3.20. The highest BCUT2D eigenvalue weighted by atomic mass is 19.1. The molecular weight excluding hydrogens is 361 g/mol. The molecule has 1 heterocycles. The van der Waals surface area contributed by atoms with Gasteiger partial charge >= 0.3 is 0 Å². The van der Waals surface area contributed by atoms with Crippen molar-refractivity contribution >= 4 is 12.1 Å². The van der Waals surface area contributed by atoms with Gasteiger partial charge in [-0.3, -0.25) is 4.79 Å². The minimum atomic E-state index is -0.796. The Bertz CT molecular complexity index is 1040. The number of nitrogens with zero attached hydrogens (tertiary/aromatic N) is 2. The van der Waals surface area contributed by atoms with Crippen molar-refractivity contribution in [1.29, 1.82) is 5.26 Å². The molecule has 0 aliphatic rings. The van der Waals surface area contributed by atoms with Gasteiger partial charge in [0.1, 0.15) is 23.1 Å². The lowest BCUT2D eigenvalue weighted by Gasteiger charge is -2.12. The van der Waals surface area contributed by atoms with Crippen LogP contribution in [0.5, 0.6) is 5.75 Å². The number of rotatable bonds is 6. The Kier molecular flexibility index (Phi) is 5.82. The van der Waals surface area contributed by atoms with Crippen molar-refractivity contribution in [2.24, 2.45) is 5.10 Å². The summed E-state index contributed by atoms with van der Waals surface area (Å²) in [6.45, 7) is 1.58. The minimum absolute atomic E-state index is 0.343. The van der Waals surface area contributed by atoms with Crippen LogP contribution in [0.4, 0.5) is 4.39 Å². The molecule has 1 aromatic heterocycles. The Labute approximate surface area is 160 Å². The van der Waals surface area contributed by atoms with Crippen molar-refractivity contribution in [2.75, 3.05) is 0 Å². The number of halogens is 1. The lowest BCUT2D eigenvalue weighted by molar-refractivity contribution is -0.127. The van der Waals surface area contributed by atoms with Gasteiger partial charge in [0.05, 0.1) is 23.4 Å². The molecule has 28 heavy (non-hydrogen) atoms. The highest BCUT2D eigenvalue weighted by molar-refractivity contribution is 5.83. The van der Waals surface area contributed by atoms with Gasteiger partial charge in [-0.15, -0.1) is 0 Å². The fraction of sp³-hybridized carbons (Fsp3) is 0.0952. The molecule has 0 spiro atoms. The third-order valence-electron chi connectivity index (χ3n) is 3.80. The Morgan fingerprint density at radius 1 is 1.21 bits per heavy atom. The summed E-state index contributed by atoms with van der Waals surface area (Å²) in [6.07, 6.45) is 0.520. The quantitative estimate of drug-likeness (QED) is 0.522. The standard InChI is InChI=1S/C21H16FN3O3/c1-14(27-16-8-6-15(12-23)7-9-16)21(26)25-24-13-17-10-11-20(28-17)18-4-2-3-5-19(18)22/h2-11,13-14H,1H3,(H,25,26)/b24-13-/t14-/m1/s1. The maximum Gasteiger partial charge on any atom is 0.280 e. The van der Waals surface area contributed by atoms with E-state index in [0.717, 1.165) is 0 Å². The number of amides is 1. The smallest absolute Gasteiger partial charge is 0.280 e. The van der Waals surface area contributed by atoms with E-state index in [1.165, 1.54) is 12.3 Å². The zero-order valence-electron chi connectivity index (χ0n) is 14.9. The van der Waals surface area contributed by atoms with E-state index in [1.54, 1.807) is 61.5 Å². The largest absolute Gasteiger partial charge is 0.481 e. The summed E-state index contributed by atoms with van der Waals surface area (Å²) in [5, 5.41) is 12.6. The highest BCUT2D eigenvalue weighted by Crippen LogP contribution is 2.24. The molecule has 0 bridgehead atoms. The first-order valence-corrected chi connectivity index (χ1v) is 8.41. The van der Waals surface area contributed by atoms with Crippen molar-refractivity contribution in [2.45, 2.75) is 13.0 Å². The van der Waals surface area contributed by atoms with Gasteiger partial charge in [-0.05, 0) is 55.5 Å².